The fraction of sp³-hybridized carbons (Fsp3) is 0.240. The first-order chi connectivity index (χ1) is 15.8. The molecule has 1 aliphatic heterocycles. The van der Waals surface area contributed by atoms with Gasteiger partial charge in [0.25, 0.3) is 5.69 Å². The second-order valence-electron chi connectivity index (χ2n) is 8.06. The lowest BCUT2D eigenvalue weighted by molar-refractivity contribution is -0.384. The lowest BCUT2D eigenvalue weighted by atomic mass is 10.1. The molecule has 172 valence electrons. The molecule has 3 rings (SSSR count). The Morgan fingerprint density at radius 2 is 1.61 bits per heavy atom. The Balaban J connectivity index is 1.63. The molecule has 1 aliphatic rings. The summed E-state index contributed by atoms with van der Waals surface area (Å²) in [4.78, 5) is 22.5. The third-order valence-corrected chi connectivity index (χ3v) is 5.33. The van der Waals surface area contributed by atoms with Crippen LogP contribution in [-0.2, 0) is 0 Å². The van der Waals surface area contributed by atoms with Crippen molar-refractivity contribution in [1.29, 1.82) is 0 Å². The van der Waals surface area contributed by atoms with Gasteiger partial charge in [-0.1, -0.05) is 30.2 Å². The highest BCUT2D eigenvalue weighted by molar-refractivity contribution is 5.99. The Labute approximate surface area is 193 Å². The van der Waals surface area contributed by atoms with Gasteiger partial charge in [0, 0.05) is 29.2 Å². The molecule has 0 bridgehead atoms. The van der Waals surface area contributed by atoms with Crippen LogP contribution in [-0.4, -0.2) is 17.1 Å². The molecular formula is C25H29N5O3. The summed E-state index contributed by atoms with van der Waals surface area (Å²) >= 11 is 0. The lowest BCUT2D eigenvalue weighted by Gasteiger charge is -2.18. The Morgan fingerprint density at radius 1 is 1.03 bits per heavy atom. The van der Waals surface area contributed by atoms with Gasteiger partial charge in [0.2, 0.25) is 0 Å². The zero-order valence-electron chi connectivity index (χ0n) is 19.2. The van der Waals surface area contributed by atoms with Crippen LogP contribution in [0.2, 0.25) is 0 Å². The molecule has 1 atom stereocenters. The summed E-state index contributed by atoms with van der Waals surface area (Å²) in [5.74, 6) is 0. The summed E-state index contributed by atoms with van der Waals surface area (Å²) in [5.41, 5.74) is 6.81. The van der Waals surface area contributed by atoms with E-state index < -0.39 is 11.0 Å². The molecule has 2 aromatic rings. The molecule has 0 saturated heterocycles. The van der Waals surface area contributed by atoms with Crippen molar-refractivity contribution in [3.05, 3.63) is 93.2 Å². The standard InChI is InChI=1S/C25H29N5O3/c1-5-17(4)15-26-24-22(16(2)3)14-23(29-24)18-6-8-19(9-7-18)27-25(31)28-20-10-12-21(13-11-20)30(32)33/h6-15,24,26,29H,5H2,1-4H3,(H2,27,28,31). The van der Waals surface area contributed by atoms with Crippen molar-refractivity contribution in [1.82, 2.24) is 10.6 Å². The molecule has 33 heavy (non-hydrogen) atoms. The molecule has 0 spiro atoms. The summed E-state index contributed by atoms with van der Waals surface area (Å²) in [6.45, 7) is 8.42. The quantitative estimate of drug-likeness (QED) is 0.319. The number of amides is 2. The predicted molar refractivity (Wildman–Crippen MR) is 133 cm³/mol. The van der Waals surface area contributed by atoms with Gasteiger partial charge in [-0.05, 0) is 74.9 Å². The minimum atomic E-state index is -0.484. The van der Waals surface area contributed by atoms with E-state index in [-0.39, 0.29) is 11.9 Å². The number of hydrogen-bond donors (Lipinski definition) is 4. The molecule has 4 N–H and O–H groups in total. The number of urea groups is 1. The molecule has 1 unspecified atom stereocenters. The number of carbonyl (C=O) groups excluding carboxylic acids is 1. The summed E-state index contributed by atoms with van der Waals surface area (Å²) in [6, 6.07) is 12.8. The number of allylic oxidation sites excluding steroid dienone is 2. The minimum Gasteiger partial charge on any atom is -0.368 e. The number of nitrogens with one attached hydrogen (secondary N) is 4. The van der Waals surface area contributed by atoms with Crippen molar-refractivity contribution in [2.24, 2.45) is 0 Å². The topological polar surface area (TPSA) is 108 Å². The molecule has 2 amide bonds. The van der Waals surface area contributed by atoms with E-state index in [1.54, 1.807) is 0 Å². The second kappa shape index (κ2) is 10.5. The number of non-ortho nitro benzene ring substituents is 1. The summed E-state index contributed by atoms with van der Waals surface area (Å²) < 4.78 is 0. The van der Waals surface area contributed by atoms with Crippen molar-refractivity contribution >= 4 is 28.8 Å². The lowest BCUT2D eigenvalue weighted by Crippen LogP contribution is -2.36. The predicted octanol–water partition coefficient (Wildman–Crippen LogP) is 5.75. The molecule has 0 aromatic heterocycles. The van der Waals surface area contributed by atoms with Gasteiger partial charge in [0.1, 0.15) is 6.17 Å². The molecule has 1 heterocycles. The molecule has 0 aliphatic carbocycles. The van der Waals surface area contributed by atoms with Crippen LogP contribution in [0.3, 0.4) is 0 Å². The maximum atomic E-state index is 12.3. The number of carbonyl (C=O) groups is 1. The van der Waals surface area contributed by atoms with Crippen LogP contribution in [0.25, 0.3) is 5.70 Å². The van der Waals surface area contributed by atoms with E-state index >= 15 is 0 Å². The van der Waals surface area contributed by atoms with Gasteiger partial charge < -0.3 is 21.3 Å². The van der Waals surface area contributed by atoms with Gasteiger partial charge in [0.15, 0.2) is 0 Å². The monoisotopic (exact) mass is 447 g/mol. The summed E-state index contributed by atoms with van der Waals surface area (Å²) in [5, 5.41) is 23.1. The van der Waals surface area contributed by atoms with Gasteiger partial charge >= 0.3 is 6.03 Å². The third kappa shape index (κ3) is 6.22. The van der Waals surface area contributed by atoms with E-state index in [0.717, 1.165) is 17.7 Å². The van der Waals surface area contributed by atoms with Crippen molar-refractivity contribution in [3.63, 3.8) is 0 Å². The number of hydrogen-bond acceptors (Lipinski definition) is 5. The third-order valence-electron chi connectivity index (χ3n) is 5.33. The van der Waals surface area contributed by atoms with Gasteiger partial charge in [-0.2, -0.15) is 0 Å². The number of nitro benzene ring substituents is 1. The first-order valence-electron chi connectivity index (χ1n) is 10.8. The van der Waals surface area contributed by atoms with Crippen LogP contribution in [0.1, 0.15) is 39.7 Å². The van der Waals surface area contributed by atoms with Crippen molar-refractivity contribution in [2.75, 3.05) is 10.6 Å². The van der Waals surface area contributed by atoms with Crippen LogP contribution in [0.15, 0.2) is 77.5 Å². The first-order valence-corrected chi connectivity index (χ1v) is 10.8. The average molecular weight is 448 g/mol. The van der Waals surface area contributed by atoms with Crippen LogP contribution < -0.4 is 21.3 Å². The molecule has 2 aromatic carbocycles. The normalized spacial score (nSPS) is 15.4. The largest absolute Gasteiger partial charge is 0.368 e. The van der Waals surface area contributed by atoms with E-state index in [4.69, 9.17) is 0 Å². The fourth-order valence-corrected chi connectivity index (χ4v) is 3.27. The van der Waals surface area contributed by atoms with Crippen LogP contribution in [0.5, 0.6) is 0 Å². The highest BCUT2D eigenvalue weighted by Gasteiger charge is 2.22. The highest BCUT2D eigenvalue weighted by Crippen LogP contribution is 2.26. The van der Waals surface area contributed by atoms with E-state index in [1.807, 2.05) is 30.5 Å². The maximum Gasteiger partial charge on any atom is 0.323 e. The van der Waals surface area contributed by atoms with Crippen molar-refractivity contribution < 1.29 is 9.72 Å². The van der Waals surface area contributed by atoms with Gasteiger partial charge in [-0.3, -0.25) is 10.1 Å². The number of nitrogens with zero attached hydrogens (tertiary/aromatic N) is 1. The Kier molecular flexibility index (Phi) is 7.50. The Morgan fingerprint density at radius 3 is 2.12 bits per heavy atom. The minimum absolute atomic E-state index is 0.0109. The maximum absolute atomic E-state index is 12.3. The fourth-order valence-electron chi connectivity index (χ4n) is 3.27. The van der Waals surface area contributed by atoms with Crippen molar-refractivity contribution in [2.45, 2.75) is 40.3 Å². The van der Waals surface area contributed by atoms with Crippen molar-refractivity contribution in [3.8, 4) is 0 Å². The average Bonchev–Trinajstić information content (AvgIpc) is 3.23. The SMILES string of the molecule is CCC(C)=CNC1NC(c2ccc(NC(=O)Nc3ccc([N+](=O)[O-])cc3)cc2)=CC1=C(C)C. The van der Waals surface area contributed by atoms with Crippen LogP contribution in [0, 0.1) is 10.1 Å². The number of nitro groups is 1. The smallest absolute Gasteiger partial charge is 0.323 e. The number of benzene rings is 2. The van der Waals surface area contributed by atoms with E-state index in [1.165, 1.54) is 41.0 Å². The Bertz CT molecular complexity index is 1110. The van der Waals surface area contributed by atoms with Gasteiger partial charge in [-0.15, -0.1) is 0 Å². The number of anilines is 2. The Hall–Kier alpha value is -4.07. The molecule has 0 radical (unpaired) electrons. The molecule has 8 nitrogen and oxygen atoms in total. The molecular weight excluding hydrogens is 418 g/mol. The first kappa shape index (κ1) is 23.6. The van der Waals surface area contributed by atoms with Gasteiger partial charge in [-0.25, -0.2) is 4.79 Å². The summed E-state index contributed by atoms with van der Waals surface area (Å²) in [6.07, 6.45) is 5.20. The van der Waals surface area contributed by atoms with Crippen LogP contribution in [0.4, 0.5) is 21.9 Å². The molecule has 0 saturated carbocycles. The zero-order chi connectivity index (χ0) is 24.0. The highest BCUT2D eigenvalue weighted by atomic mass is 16.6. The molecule has 8 heteroatoms. The van der Waals surface area contributed by atoms with E-state index in [9.17, 15) is 14.9 Å². The van der Waals surface area contributed by atoms with Crippen LogP contribution >= 0.6 is 0 Å². The second-order valence-corrected chi connectivity index (χ2v) is 8.06. The van der Waals surface area contributed by atoms with Gasteiger partial charge in [0.05, 0.1) is 4.92 Å². The molecule has 0 fully saturated rings. The summed E-state index contributed by atoms with van der Waals surface area (Å²) in [7, 11) is 0. The zero-order valence-corrected chi connectivity index (χ0v) is 19.2. The van der Waals surface area contributed by atoms with E-state index in [0.29, 0.717) is 11.4 Å². The van der Waals surface area contributed by atoms with E-state index in [2.05, 4.69) is 55.0 Å². The number of rotatable bonds is 7.